The summed E-state index contributed by atoms with van der Waals surface area (Å²) in [7, 11) is -2.00. The van der Waals surface area contributed by atoms with Gasteiger partial charge in [-0.25, -0.2) is 0 Å². The number of hydrogen-bond donors (Lipinski definition) is 0. The van der Waals surface area contributed by atoms with Crippen LogP contribution in [0.5, 0.6) is 5.75 Å². The van der Waals surface area contributed by atoms with Crippen molar-refractivity contribution in [3.8, 4) is 5.75 Å². The summed E-state index contributed by atoms with van der Waals surface area (Å²) in [5, 5.41) is 0. The summed E-state index contributed by atoms with van der Waals surface area (Å²) in [6.07, 6.45) is 0.645. The predicted octanol–water partition coefficient (Wildman–Crippen LogP) is 3.31. The average Bonchev–Trinajstić information content (AvgIpc) is 2.18. The minimum atomic E-state index is -2.00. The second-order valence-electron chi connectivity index (χ2n) is 3.50. The van der Waals surface area contributed by atoms with E-state index in [0.29, 0.717) is 6.42 Å². The lowest BCUT2D eigenvalue weighted by molar-refractivity contribution is -0.0942. The molecule has 0 spiro atoms. The van der Waals surface area contributed by atoms with Gasteiger partial charge in [-0.1, -0.05) is 25.1 Å². The Kier molecular flexibility index (Phi) is 4.37. The monoisotopic (exact) mass is 228 g/mol. The van der Waals surface area contributed by atoms with E-state index < -0.39 is 13.8 Å². The maximum Gasteiger partial charge on any atom is 0.213 e. The van der Waals surface area contributed by atoms with Crippen LogP contribution in [-0.2, 0) is 9.09 Å². The summed E-state index contributed by atoms with van der Waals surface area (Å²) in [4.78, 5) is 0. The zero-order valence-electron chi connectivity index (χ0n) is 9.32. The minimum Gasteiger partial charge on any atom is -0.462 e. The molecular weight excluding hydrogens is 211 g/mol. The van der Waals surface area contributed by atoms with E-state index in [1.165, 1.54) is 0 Å². The van der Waals surface area contributed by atoms with Gasteiger partial charge in [0.25, 0.3) is 0 Å². The Morgan fingerprint density at radius 1 is 1.33 bits per heavy atom. The van der Waals surface area contributed by atoms with Crippen molar-refractivity contribution in [3.05, 3.63) is 30.3 Å². The summed E-state index contributed by atoms with van der Waals surface area (Å²) in [5.41, 5.74) is 0. The molecule has 0 aliphatic carbocycles. The topological polar surface area (TPSA) is 35.5 Å². The summed E-state index contributed by atoms with van der Waals surface area (Å²) in [6.45, 7) is 5.30. The third-order valence-electron chi connectivity index (χ3n) is 2.08. The molecule has 0 saturated heterocycles. The molecule has 0 N–H and O–H groups in total. The standard InChI is InChI=1S/C11H17O3P/c1-4-11(2,14-15(3)12)13-10-8-6-5-7-9-10/h5-9,15H,4H2,1-3H3/t11-/m1/s1. The van der Waals surface area contributed by atoms with Gasteiger partial charge in [-0.2, -0.15) is 0 Å². The van der Waals surface area contributed by atoms with E-state index in [4.69, 9.17) is 9.26 Å². The number of hydrogen-bond acceptors (Lipinski definition) is 3. The van der Waals surface area contributed by atoms with Crippen LogP contribution in [-0.4, -0.2) is 12.5 Å². The van der Waals surface area contributed by atoms with E-state index in [1.54, 1.807) is 13.6 Å². The maximum atomic E-state index is 11.1. The molecule has 0 saturated carbocycles. The van der Waals surface area contributed by atoms with Crippen LogP contribution in [0, 0.1) is 0 Å². The van der Waals surface area contributed by atoms with Gasteiger partial charge in [0.05, 0.1) is 0 Å². The van der Waals surface area contributed by atoms with E-state index in [1.807, 2.05) is 37.3 Å². The molecule has 0 aliphatic rings. The van der Waals surface area contributed by atoms with Crippen molar-refractivity contribution >= 4 is 8.03 Å². The molecule has 0 amide bonds. The highest BCUT2D eigenvalue weighted by Crippen LogP contribution is 2.31. The van der Waals surface area contributed by atoms with Gasteiger partial charge in [0.1, 0.15) is 5.75 Å². The lowest BCUT2D eigenvalue weighted by atomic mass is 10.2. The molecule has 84 valence electrons. The molecule has 1 aromatic carbocycles. The Hall–Kier alpha value is -0.790. The van der Waals surface area contributed by atoms with E-state index in [9.17, 15) is 4.57 Å². The minimum absolute atomic E-state index is 0.645. The van der Waals surface area contributed by atoms with Crippen LogP contribution in [0.25, 0.3) is 0 Å². The SMILES string of the molecule is CC[C@](C)(Oc1ccccc1)O[PH](C)=O. The highest BCUT2D eigenvalue weighted by Gasteiger charge is 2.26. The summed E-state index contributed by atoms with van der Waals surface area (Å²) in [5.74, 6) is -0.0725. The van der Waals surface area contributed by atoms with Crippen molar-refractivity contribution in [2.75, 3.05) is 6.66 Å². The van der Waals surface area contributed by atoms with Gasteiger partial charge < -0.3 is 4.74 Å². The summed E-state index contributed by atoms with van der Waals surface area (Å²) < 4.78 is 22.1. The number of benzene rings is 1. The van der Waals surface area contributed by atoms with Crippen molar-refractivity contribution in [1.29, 1.82) is 0 Å². The molecule has 0 heterocycles. The molecule has 0 fully saturated rings. The van der Waals surface area contributed by atoms with Gasteiger partial charge in [-0.15, -0.1) is 0 Å². The van der Waals surface area contributed by atoms with E-state index in [-0.39, 0.29) is 0 Å². The van der Waals surface area contributed by atoms with Gasteiger partial charge in [0, 0.05) is 20.0 Å². The molecule has 1 rings (SSSR count). The molecule has 0 radical (unpaired) electrons. The Morgan fingerprint density at radius 3 is 2.40 bits per heavy atom. The van der Waals surface area contributed by atoms with Crippen LogP contribution in [0.1, 0.15) is 20.3 Å². The molecular formula is C11H17O3P. The Labute approximate surface area is 91.3 Å². The third-order valence-corrected chi connectivity index (χ3v) is 2.80. The van der Waals surface area contributed by atoms with Crippen LogP contribution in [0.3, 0.4) is 0 Å². The zero-order chi connectivity index (χ0) is 11.3. The first kappa shape index (κ1) is 12.3. The molecule has 1 unspecified atom stereocenters. The van der Waals surface area contributed by atoms with Gasteiger partial charge in [0.2, 0.25) is 5.79 Å². The van der Waals surface area contributed by atoms with Gasteiger partial charge in [-0.05, 0) is 12.1 Å². The zero-order valence-corrected chi connectivity index (χ0v) is 10.3. The van der Waals surface area contributed by atoms with E-state index in [0.717, 1.165) is 5.75 Å². The van der Waals surface area contributed by atoms with Crippen molar-refractivity contribution in [3.63, 3.8) is 0 Å². The molecule has 15 heavy (non-hydrogen) atoms. The average molecular weight is 228 g/mol. The Morgan fingerprint density at radius 2 is 1.93 bits per heavy atom. The van der Waals surface area contributed by atoms with Crippen LogP contribution < -0.4 is 4.74 Å². The predicted molar refractivity (Wildman–Crippen MR) is 61.8 cm³/mol. The van der Waals surface area contributed by atoms with Gasteiger partial charge in [-0.3, -0.25) is 9.09 Å². The third kappa shape index (κ3) is 4.06. The molecule has 4 heteroatoms. The normalized spacial score (nSPS) is 16.7. The van der Waals surface area contributed by atoms with Crippen molar-refractivity contribution in [1.82, 2.24) is 0 Å². The smallest absolute Gasteiger partial charge is 0.213 e. The number of para-hydroxylation sites is 1. The van der Waals surface area contributed by atoms with Gasteiger partial charge in [0.15, 0.2) is 8.03 Å². The van der Waals surface area contributed by atoms with Crippen molar-refractivity contribution in [2.24, 2.45) is 0 Å². The first-order chi connectivity index (χ1) is 7.06. The lowest BCUT2D eigenvalue weighted by Crippen LogP contribution is -2.32. The van der Waals surface area contributed by atoms with Crippen molar-refractivity contribution in [2.45, 2.75) is 26.1 Å². The van der Waals surface area contributed by atoms with Crippen LogP contribution in [0.15, 0.2) is 30.3 Å². The van der Waals surface area contributed by atoms with E-state index in [2.05, 4.69) is 0 Å². The number of rotatable bonds is 5. The maximum absolute atomic E-state index is 11.1. The number of ether oxygens (including phenoxy) is 1. The van der Waals surface area contributed by atoms with Crippen LogP contribution in [0.2, 0.25) is 0 Å². The second kappa shape index (κ2) is 5.34. The second-order valence-corrected chi connectivity index (χ2v) is 4.68. The van der Waals surface area contributed by atoms with Gasteiger partial charge >= 0.3 is 0 Å². The molecule has 2 atom stereocenters. The van der Waals surface area contributed by atoms with Crippen LogP contribution in [0.4, 0.5) is 0 Å². The largest absolute Gasteiger partial charge is 0.462 e. The Bertz CT molecular complexity index is 326. The summed E-state index contributed by atoms with van der Waals surface area (Å²) in [6, 6.07) is 9.40. The fourth-order valence-electron chi connectivity index (χ4n) is 1.21. The molecule has 3 nitrogen and oxygen atoms in total. The first-order valence-electron chi connectivity index (χ1n) is 4.99. The molecule has 0 aromatic heterocycles. The van der Waals surface area contributed by atoms with Crippen LogP contribution >= 0.6 is 8.03 Å². The lowest BCUT2D eigenvalue weighted by Gasteiger charge is -2.28. The fraction of sp³-hybridized carbons (Fsp3) is 0.455. The Balaban J connectivity index is 2.72. The molecule has 0 bridgehead atoms. The first-order valence-corrected chi connectivity index (χ1v) is 6.81. The fourth-order valence-corrected chi connectivity index (χ4v) is 2.00. The molecule has 0 aliphatic heterocycles. The quantitative estimate of drug-likeness (QED) is 0.573. The summed E-state index contributed by atoms with van der Waals surface area (Å²) >= 11 is 0. The van der Waals surface area contributed by atoms with Crippen molar-refractivity contribution < 1.29 is 13.8 Å². The molecule has 1 aromatic rings. The highest BCUT2D eigenvalue weighted by atomic mass is 31.1. The van der Waals surface area contributed by atoms with E-state index >= 15 is 0 Å². The highest BCUT2D eigenvalue weighted by molar-refractivity contribution is 7.38.